The Bertz CT molecular complexity index is 244. The van der Waals surface area contributed by atoms with Crippen molar-refractivity contribution >= 4 is 5.97 Å². The lowest BCUT2D eigenvalue weighted by Gasteiger charge is -2.07. The molecule has 0 aromatic rings. The zero-order chi connectivity index (χ0) is 16.5. The molecule has 0 heterocycles. The predicted molar refractivity (Wildman–Crippen MR) is 91.8 cm³/mol. The minimum absolute atomic E-state index is 0.234. The number of carbonyl (C=O) groups is 1. The molecule has 0 rings (SSSR count). The predicted octanol–water partition coefficient (Wildman–Crippen LogP) is 6.37. The van der Waals surface area contributed by atoms with Gasteiger partial charge in [-0.2, -0.15) is 0 Å². The number of ether oxygens (including phenoxy) is 1. The van der Waals surface area contributed by atoms with Crippen LogP contribution in [0.15, 0.2) is 0 Å². The smallest absolute Gasteiger partial charge is 0.305 e. The fourth-order valence-corrected chi connectivity index (χ4v) is 2.74. The Labute approximate surface area is 137 Å². The number of hydrogen-bond acceptors (Lipinski definition) is 2. The molecular formula is C19H37FO2. The lowest BCUT2D eigenvalue weighted by Crippen LogP contribution is -2.04. The lowest BCUT2D eigenvalue weighted by atomic mass is 10.0. The Hall–Kier alpha value is -0.600. The molecule has 0 aromatic carbocycles. The molecule has 0 saturated carbocycles. The lowest BCUT2D eigenvalue weighted by molar-refractivity contribution is -0.140. The molecule has 0 aliphatic rings. The molecule has 22 heavy (non-hydrogen) atoms. The number of unbranched alkanes of at least 4 members (excludes halogenated alkanes) is 10. The van der Waals surface area contributed by atoms with E-state index in [1.807, 2.05) is 0 Å². The molecule has 0 N–H and O–H groups in total. The van der Waals surface area contributed by atoms with E-state index in [4.69, 9.17) is 0 Å². The highest BCUT2D eigenvalue weighted by atomic mass is 19.1. The van der Waals surface area contributed by atoms with Crippen LogP contribution in [0.25, 0.3) is 0 Å². The molecular weight excluding hydrogens is 279 g/mol. The van der Waals surface area contributed by atoms with E-state index in [2.05, 4.69) is 11.7 Å². The highest BCUT2D eigenvalue weighted by Crippen LogP contribution is 2.15. The third kappa shape index (κ3) is 15.8. The maximum absolute atomic E-state index is 13.6. The summed E-state index contributed by atoms with van der Waals surface area (Å²) >= 11 is 0. The highest BCUT2D eigenvalue weighted by Gasteiger charge is 2.08. The minimum atomic E-state index is -0.747. The summed E-state index contributed by atoms with van der Waals surface area (Å²) in [7, 11) is 1.38. The molecule has 0 aliphatic heterocycles. The second-order valence-corrected chi connectivity index (χ2v) is 6.39. The van der Waals surface area contributed by atoms with Crippen molar-refractivity contribution < 1.29 is 13.9 Å². The Kier molecular flexibility index (Phi) is 16.3. The van der Waals surface area contributed by atoms with Gasteiger partial charge in [0.05, 0.1) is 7.11 Å². The van der Waals surface area contributed by atoms with Crippen LogP contribution in [0.3, 0.4) is 0 Å². The first kappa shape index (κ1) is 21.4. The van der Waals surface area contributed by atoms with Crippen molar-refractivity contribution in [2.24, 2.45) is 0 Å². The van der Waals surface area contributed by atoms with Crippen LogP contribution in [-0.4, -0.2) is 19.3 Å². The maximum atomic E-state index is 13.6. The number of hydrogen-bond donors (Lipinski definition) is 0. The van der Waals surface area contributed by atoms with Crippen LogP contribution in [0.2, 0.25) is 0 Å². The van der Waals surface area contributed by atoms with Crippen LogP contribution in [-0.2, 0) is 9.53 Å². The van der Waals surface area contributed by atoms with Gasteiger partial charge in [0.2, 0.25) is 0 Å². The van der Waals surface area contributed by atoms with Gasteiger partial charge in [0.25, 0.3) is 0 Å². The average molecular weight is 317 g/mol. The Balaban J connectivity index is 3.16. The highest BCUT2D eigenvalue weighted by molar-refractivity contribution is 5.68. The third-order valence-corrected chi connectivity index (χ3v) is 4.25. The number of methoxy groups -OCH3 is 1. The third-order valence-electron chi connectivity index (χ3n) is 4.25. The zero-order valence-electron chi connectivity index (χ0n) is 14.9. The van der Waals surface area contributed by atoms with Crippen LogP contribution in [0.5, 0.6) is 0 Å². The van der Waals surface area contributed by atoms with Gasteiger partial charge in [0.15, 0.2) is 0 Å². The molecule has 0 spiro atoms. The van der Waals surface area contributed by atoms with Crippen LogP contribution in [0.1, 0.15) is 103 Å². The average Bonchev–Trinajstić information content (AvgIpc) is 2.52. The quantitative estimate of drug-likeness (QED) is 0.244. The Morgan fingerprint density at radius 3 is 1.77 bits per heavy atom. The van der Waals surface area contributed by atoms with Crippen LogP contribution < -0.4 is 0 Å². The summed E-state index contributed by atoms with van der Waals surface area (Å²) in [4.78, 5) is 10.9. The standard InChI is InChI=1S/C19H37FO2/c1-3-4-5-6-7-8-9-10-11-12-13-15-18(20)16-14-17-19(21)22-2/h18H,3-17H2,1-2H3. The first-order chi connectivity index (χ1) is 10.7. The number of esters is 1. The summed E-state index contributed by atoms with van der Waals surface area (Å²) in [6.45, 7) is 2.25. The van der Waals surface area contributed by atoms with Crippen molar-refractivity contribution in [3.05, 3.63) is 0 Å². The first-order valence-corrected chi connectivity index (χ1v) is 9.41. The minimum Gasteiger partial charge on any atom is -0.469 e. The molecule has 0 aliphatic carbocycles. The van der Waals surface area contributed by atoms with Gasteiger partial charge in [-0.1, -0.05) is 77.6 Å². The summed E-state index contributed by atoms with van der Waals surface area (Å²) in [5.41, 5.74) is 0. The molecule has 0 aromatic heterocycles. The maximum Gasteiger partial charge on any atom is 0.305 e. The summed E-state index contributed by atoms with van der Waals surface area (Å²) in [5, 5.41) is 0. The van der Waals surface area contributed by atoms with Gasteiger partial charge >= 0.3 is 5.97 Å². The number of carbonyl (C=O) groups excluding carboxylic acids is 1. The van der Waals surface area contributed by atoms with E-state index in [-0.39, 0.29) is 5.97 Å². The van der Waals surface area contributed by atoms with Gasteiger partial charge in [0, 0.05) is 6.42 Å². The Morgan fingerprint density at radius 1 is 0.818 bits per heavy atom. The topological polar surface area (TPSA) is 26.3 Å². The molecule has 0 saturated heterocycles. The van der Waals surface area contributed by atoms with Gasteiger partial charge in [-0.05, 0) is 19.3 Å². The van der Waals surface area contributed by atoms with Gasteiger partial charge in [-0.3, -0.25) is 4.79 Å². The molecule has 3 heteroatoms. The van der Waals surface area contributed by atoms with Crippen LogP contribution >= 0.6 is 0 Å². The second kappa shape index (κ2) is 16.8. The van der Waals surface area contributed by atoms with Crippen molar-refractivity contribution in [3.63, 3.8) is 0 Å². The fraction of sp³-hybridized carbons (Fsp3) is 0.947. The first-order valence-electron chi connectivity index (χ1n) is 9.41. The largest absolute Gasteiger partial charge is 0.469 e. The van der Waals surface area contributed by atoms with Crippen molar-refractivity contribution in [1.82, 2.24) is 0 Å². The molecule has 0 amide bonds. The Morgan fingerprint density at radius 2 is 1.27 bits per heavy atom. The number of alkyl halides is 1. The van der Waals surface area contributed by atoms with E-state index < -0.39 is 6.17 Å². The van der Waals surface area contributed by atoms with E-state index >= 15 is 0 Å². The number of halogens is 1. The van der Waals surface area contributed by atoms with Crippen LogP contribution in [0, 0.1) is 0 Å². The van der Waals surface area contributed by atoms with E-state index in [0.29, 0.717) is 25.7 Å². The molecule has 2 nitrogen and oxygen atoms in total. The van der Waals surface area contributed by atoms with Crippen LogP contribution in [0.4, 0.5) is 4.39 Å². The van der Waals surface area contributed by atoms with Gasteiger partial charge in [-0.25, -0.2) is 4.39 Å². The van der Waals surface area contributed by atoms with Crippen molar-refractivity contribution in [1.29, 1.82) is 0 Å². The molecule has 1 unspecified atom stereocenters. The van der Waals surface area contributed by atoms with Crippen molar-refractivity contribution in [3.8, 4) is 0 Å². The molecule has 0 fully saturated rings. The summed E-state index contributed by atoms with van der Waals surface area (Å²) in [5.74, 6) is -0.234. The van der Waals surface area contributed by atoms with Crippen molar-refractivity contribution in [2.45, 2.75) is 109 Å². The molecule has 0 radical (unpaired) electrons. The van der Waals surface area contributed by atoms with Gasteiger partial charge < -0.3 is 4.74 Å². The normalized spacial score (nSPS) is 12.3. The summed E-state index contributed by atoms with van der Waals surface area (Å²) in [6, 6.07) is 0. The summed E-state index contributed by atoms with van der Waals surface area (Å²) in [6.07, 6.45) is 15.6. The summed E-state index contributed by atoms with van der Waals surface area (Å²) < 4.78 is 18.1. The molecule has 0 bridgehead atoms. The van der Waals surface area contributed by atoms with Gasteiger partial charge in [-0.15, -0.1) is 0 Å². The van der Waals surface area contributed by atoms with E-state index in [0.717, 1.165) is 12.8 Å². The number of rotatable bonds is 16. The monoisotopic (exact) mass is 316 g/mol. The SMILES string of the molecule is CCCCCCCCCCCCCC(F)CCCC(=O)OC. The van der Waals surface area contributed by atoms with Crippen molar-refractivity contribution in [2.75, 3.05) is 7.11 Å². The molecule has 132 valence electrons. The van der Waals surface area contributed by atoms with E-state index in [1.165, 1.54) is 64.9 Å². The van der Waals surface area contributed by atoms with E-state index in [1.54, 1.807) is 0 Å². The van der Waals surface area contributed by atoms with Gasteiger partial charge in [0.1, 0.15) is 6.17 Å². The second-order valence-electron chi connectivity index (χ2n) is 6.39. The van der Waals surface area contributed by atoms with E-state index in [9.17, 15) is 9.18 Å². The molecule has 1 atom stereocenters. The fourth-order valence-electron chi connectivity index (χ4n) is 2.74. The zero-order valence-corrected chi connectivity index (χ0v) is 14.9.